The van der Waals surface area contributed by atoms with Crippen molar-refractivity contribution in [2.45, 2.75) is 62.4 Å². The molecule has 0 aliphatic heterocycles. The van der Waals surface area contributed by atoms with Crippen LogP contribution in [0.1, 0.15) is 44.6 Å². The first-order valence-electron chi connectivity index (χ1n) is 9.34. The molecule has 4 rings (SSSR count). The number of aromatic nitrogens is 3. The van der Waals surface area contributed by atoms with E-state index in [1.54, 1.807) is 0 Å². The minimum atomic E-state index is -0.204. The topological polar surface area (TPSA) is 59.3 Å². The van der Waals surface area contributed by atoms with Gasteiger partial charge in [-0.2, -0.15) is 0 Å². The highest BCUT2D eigenvalue weighted by Gasteiger charge is 2.22. The number of thioether (sulfide) groups is 1. The Morgan fingerprint density at radius 3 is 2.81 bits per heavy atom. The summed E-state index contributed by atoms with van der Waals surface area (Å²) in [6.45, 7) is 4.03. The van der Waals surface area contributed by atoms with Crippen LogP contribution in [0.2, 0.25) is 0 Å². The number of aryl methyl sites for hydroxylation is 1. The van der Waals surface area contributed by atoms with Crippen LogP contribution in [0.3, 0.4) is 0 Å². The number of hydrogen-bond acceptors (Lipinski definition) is 4. The van der Waals surface area contributed by atoms with Crippen molar-refractivity contribution in [1.29, 1.82) is 0 Å². The van der Waals surface area contributed by atoms with Crippen LogP contribution in [0.4, 0.5) is 0 Å². The van der Waals surface area contributed by atoms with Crippen LogP contribution in [0, 0.1) is 6.92 Å². The van der Waals surface area contributed by atoms with Crippen molar-refractivity contribution < 1.29 is 4.79 Å². The van der Waals surface area contributed by atoms with Crippen LogP contribution in [-0.4, -0.2) is 31.8 Å². The smallest absolute Gasteiger partial charge is 0.233 e. The molecule has 3 aromatic rings. The van der Waals surface area contributed by atoms with Crippen LogP contribution in [-0.2, 0) is 4.79 Å². The summed E-state index contributed by atoms with van der Waals surface area (Å²) in [5.74, 6) is 0.0927. The fourth-order valence-corrected chi connectivity index (χ4v) is 4.60. The van der Waals surface area contributed by atoms with E-state index in [2.05, 4.69) is 39.0 Å². The van der Waals surface area contributed by atoms with E-state index >= 15 is 0 Å². The van der Waals surface area contributed by atoms with E-state index in [9.17, 15) is 4.79 Å². The molecule has 1 amide bonds. The van der Waals surface area contributed by atoms with E-state index in [-0.39, 0.29) is 11.2 Å². The quantitative estimate of drug-likeness (QED) is 0.704. The van der Waals surface area contributed by atoms with Gasteiger partial charge in [-0.1, -0.05) is 49.2 Å². The molecular formula is C20H24N4OS. The van der Waals surface area contributed by atoms with Crippen molar-refractivity contribution in [1.82, 2.24) is 19.9 Å². The van der Waals surface area contributed by atoms with Gasteiger partial charge in [0, 0.05) is 11.4 Å². The molecule has 6 heteroatoms. The average Bonchev–Trinajstić information content (AvgIpc) is 3.05. The van der Waals surface area contributed by atoms with Gasteiger partial charge in [0.15, 0.2) is 10.8 Å². The lowest BCUT2D eigenvalue weighted by atomic mass is 9.95. The molecule has 0 spiro atoms. The molecule has 2 heterocycles. The van der Waals surface area contributed by atoms with E-state index in [0.29, 0.717) is 6.04 Å². The first kappa shape index (κ1) is 17.3. The third-order valence-corrected chi connectivity index (χ3v) is 6.22. The number of fused-ring (bicyclic) bond motifs is 3. The average molecular weight is 369 g/mol. The molecule has 136 valence electrons. The second kappa shape index (κ2) is 7.27. The highest BCUT2D eigenvalue weighted by Crippen LogP contribution is 2.28. The van der Waals surface area contributed by atoms with Crippen molar-refractivity contribution in [3.05, 3.63) is 35.9 Å². The minimum absolute atomic E-state index is 0.0927. The monoisotopic (exact) mass is 368 g/mol. The Morgan fingerprint density at radius 1 is 1.23 bits per heavy atom. The lowest BCUT2D eigenvalue weighted by molar-refractivity contribution is -0.121. The van der Waals surface area contributed by atoms with E-state index in [1.165, 1.54) is 42.0 Å². The molecule has 2 aromatic heterocycles. The van der Waals surface area contributed by atoms with Crippen molar-refractivity contribution >= 4 is 34.2 Å². The highest BCUT2D eigenvalue weighted by atomic mass is 32.2. The molecule has 1 saturated carbocycles. The molecule has 1 aliphatic rings. The molecule has 0 saturated heterocycles. The molecule has 5 nitrogen and oxygen atoms in total. The van der Waals surface area contributed by atoms with Gasteiger partial charge in [0.1, 0.15) is 0 Å². The predicted molar refractivity (Wildman–Crippen MR) is 106 cm³/mol. The second-order valence-corrected chi connectivity index (χ2v) is 8.43. The van der Waals surface area contributed by atoms with Crippen LogP contribution in [0.25, 0.3) is 16.6 Å². The fourth-order valence-electron chi connectivity index (χ4n) is 3.73. The summed E-state index contributed by atoms with van der Waals surface area (Å²) in [5, 5.41) is 13.6. The fraction of sp³-hybridized carbons (Fsp3) is 0.450. The number of hydrogen-bond donors (Lipinski definition) is 1. The highest BCUT2D eigenvalue weighted by molar-refractivity contribution is 8.00. The van der Waals surface area contributed by atoms with E-state index in [4.69, 9.17) is 0 Å². The standard InChI is InChI=1S/C20H24N4OS/c1-13-12-18-22-23-20(24(18)17-11-7-6-10-16(13)17)26-14(2)19(25)21-15-8-4-3-5-9-15/h6-7,10-12,14-15H,3-5,8-9H2,1-2H3,(H,21,25)/t14-/m0/s1. The maximum absolute atomic E-state index is 12.6. The van der Waals surface area contributed by atoms with Crippen LogP contribution >= 0.6 is 11.8 Å². The Balaban J connectivity index is 1.59. The number of pyridine rings is 1. The predicted octanol–water partition coefficient (Wildman–Crippen LogP) is 4.12. The van der Waals surface area contributed by atoms with Crippen molar-refractivity contribution in [2.75, 3.05) is 0 Å². The Kier molecular flexibility index (Phi) is 4.85. The molecule has 1 aliphatic carbocycles. The maximum atomic E-state index is 12.6. The summed E-state index contributed by atoms with van der Waals surface area (Å²) < 4.78 is 2.05. The lowest BCUT2D eigenvalue weighted by Crippen LogP contribution is -2.40. The number of nitrogens with zero attached hydrogens (tertiary/aromatic N) is 3. The van der Waals surface area contributed by atoms with Gasteiger partial charge in [0.2, 0.25) is 5.91 Å². The second-order valence-electron chi connectivity index (χ2n) is 7.12. The number of rotatable bonds is 4. The number of benzene rings is 1. The van der Waals surface area contributed by atoms with Crippen LogP contribution < -0.4 is 5.32 Å². The van der Waals surface area contributed by atoms with E-state index in [0.717, 1.165) is 29.2 Å². The molecule has 0 radical (unpaired) electrons. The third-order valence-electron chi connectivity index (χ3n) is 5.18. The zero-order valence-corrected chi connectivity index (χ0v) is 16.1. The van der Waals surface area contributed by atoms with Crippen molar-refractivity contribution in [3.63, 3.8) is 0 Å². The van der Waals surface area contributed by atoms with Gasteiger partial charge in [0.25, 0.3) is 0 Å². The van der Waals surface area contributed by atoms with Gasteiger partial charge in [-0.05, 0) is 44.4 Å². The Labute approximate surface area is 157 Å². The van der Waals surface area contributed by atoms with Crippen molar-refractivity contribution in [2.24, 2.45) is 0 Å². The third kappa shape index (κ3) is 3.30. The normalized spacial score (nSPS) is 16.8. The van der Waals surface area contributed by atoms with Gasteiger partial charge in [0.05, 0.1) is 10.8 Å². The van der Waals surface area contributed by atoms with Gasteiger partial charge >= 0.3 is 0 Å². The van der Waals surface area contributed by atoms with Crippen molar-refractivity contribution in [3.8, 4) is 0 Å². The Bertz CT molecular complexity index is 946. The summed E-state index contributed by atoms with van der Waals surface area (Å²) in [4.78, 5) is 12.6. The zero-order chi connectivity index (χ0) is 18.1. The molecule has 1 atom stereocenters. The molecule has 1 aromatic carbocycles. The summed E-state index contributed by atoms with van der Waals surface area (Å²) in [6, 6.07) is 10.6. The number of carbonyl (C=O) groups excluding carboxylic acids is 1. The summed E-state index contributed by atoms with van der Waals surface area (Å²) in [5.41, 5.74) is 3.08. The molecule has 1 N–H and O–H groups in total. The Morgan fingerprint density at radius 2 is 2.00 bits per heavy atom. The van der Waals surface area contributed by atoms with Crippen LogP contribution in [0.15, 0.2) is 35.5 Å². The van der Waals surface area contributed by atoms with Gasteiger partial charge in [-0.15, -0.1) is 10.2 Å². The largest absolute Gasteiger partial charge is 0.352 e. The first-order valence-corrected chi connectivity index (χ1v) is 10.2. The van der Waals surface area contributed by atoms with Crippen LogP contribution in [0.5, 0.6) is 0 Å². The zero-order valence-electron chi connectivity index (χ0n) is 15.2. The minimum Gasteiger partial charge on any atom is -0.352 e. The SMILES string of the molecule is Cc1cc2nnc(S[C@@H](C)C(=O)NC3CCCCC3)n2c2ccccc12. The van der Waals surface area contributed by atoms with E-state index < -0.39 is 0 Å². The molecule has 0 bridgehead atoms. The Hall–Kier alpha value is -2.08. The lowest BCUT2D eigenvalue weighted by Gasteiger charge is -2.24. The van der Waals surface area contributed by atoms with Gasteiger partial charge < -0.3 is 5.32 Å². The molecule has 26 heavy (non-hydrogen) atoms. The molecular weight excluding hydrogens is 344 g/mol. The first-order chi connectivity index (χ1) is 12.6. The summed E-state index contributed by atoms with van der Waals surface area (Å²) >= 11 is 1.47. The van der Waals surface area contributed by atoms with Gasteiger partial charge in [-0.25, -0.2) is 0 Å². The number of nitrogens with one attached hydrogen (secondary N) is 1. The maximum Gasteiger partial charge on any atom is 0.233 e. The summed E-state index contributed by atoms with van der Waals surface area (Å²) in [6.07, 6.45) is 5.91. The van der Waals surface area contributed by atoms with E-state index in [1.807, 2.05) is 25.1 Å². The van der Waals surface area contributed by atoms with Gasteiger partial charge in [-0.3, -0.25) is 9.20 Å². The number of amides is 1. The number of carbonyl (C=O) groups is 1. The molecule has 0 unspecified atom stereocenters. The summed E-state index contributed by atoms with van der Waals surface area (Å²) in [7, 11) is 0. The number of para-hydroxylation sites is 1. The molecule has 1 fully saturated rings.